The zero-order valence-electron chi connectivity index (χ0n) is 16.0. The summed E-state index contributed by atoms with van der Waals surface area (Å²) in [5.41, 5.74) is 0.0851. The van der Waals surface area contributed by atoms with Gasteiger partial charge in [0.05, 0.1) is 5.57 Å². The lowest BCUT2D eigenvalue weighted by Crippen LogP contribution is -2.22. The molecule has 1 amide bonds. The smallest absolute Gasteiger partial charge is 0.506 e. The summed E-state index contributed by atoms with van der Waals surface area (Å²) >= 11 is 0. The fourth-order valence-corrected chi connectivity index (χ4v) is 2.72. The van der Waals surface area contributed by atoms with Crippen molar-refractivity contribution in [3.05, 3.63) is 40.6 Å². The summed E-state index contributed by atoms with van der Waals surface area (Å²) in [6, 6.07) is 0. The van der Waals surface area contributed by atoms with Crippen molar-refractivity contribution in [3.63, 3.8) is 0 Å². The van der Waals surface area contributed by atoms with E-state index in [2.05, 4.69) is 27.3 Å². The number of rotatable bonds is 9. The van der Waals surface area contributed by atoms with Gasteiger partial charge in [-0.25, -0.2) is 4.74 Å². The molecule has 9 nitrogen and oxygen atoms in total. The summed E-state index contributed by atoms with van der Waals surface area (Å²) in [7, 11) is 0. The number of azo groups is 1. The zero-order chi connectivity index (χ0) is 19.9. The Morgan fingerprint density at radius 3 is 2.57 bits per heavy atom. The molecule has 0 fully saturated rings. The number of ketones is 1. The van der Waals surface area contributed by atoms with Crippen LogP contribution in [0, 0.1) is 6.92 Å². The second-order valence-electron chi connectivity index (χ2n) is 6.45. The average Bonchev–Trinajstić information content (AvgIpc) is 3.30. The van der Waals surface area contributed by atoms with Gasteiger partial charge in [0.15, 0.2) is 12.2 Å². The highest BCUT2D eigenvalue weighted by atomic mass is 16.6. The third-order valence-corrected chi connectivity index (χ3v) is 4.24. The lowest BCUT2D eigenvalue weighted by molar-refractivity contribution is -0.153. The molecule has 0 atom stereocenters. The Balaban J connectivity index is 1.55. The Hall–Kier alpha value is -3.10. The van der Waals surface area contributed by atoms with Crippen LogP contribution in [-0.2, 0) is 9.53 Å². The maximum atomic E-state index is 12.3. The summed E-state index contributed by atoms with van der Waals surface area (Å²) in [5, 5.41) is 25.1. The molecule has 28 heavy (non-hydrogen) atoms. The molecule has 1 aromatic heterocycles. The number of cyclic esters (lactones) is 1. The molecule has 9 heteroatoms. The molecule has 3 rings (SSSR count). The number of aromatic nitrogens is 2. The number of carbonyl (C=O) groups is 1. The molecule has 0 saturated carbocycles. The number of nitrogens with zero attached hydrogens (tertiary/aromatic N) is 4. The van der Waals surface area contributed by atoms with E-state index in [0.717, 1.165) is 12.8 Å². The van der Waals surface area contributed by atoms with Crippen molar-refractivity contribution in [3.8, 4) is 0 Å². The monoisotopic (exact) mass is 387 g/mol. The van der Waals surface area contributed by atoms with Crippen LogP contribution in [0.5, 0.6) is 0 Å². The van der Waals surface area contributed by atoms with E-state index in [1.165, 1.54) is 37.8 Å². The number of allylic oxidation sites excluding steroid dienone is 3. The number of aryl methyl sites for hydroxylation is 1. The molecule has 0 radical (unpaired) electrons. The summed E-state index contributed by atoms with van der Waals surface area (Å²) in [4.78, 5) is 12.3. The minimum Gasteiger partial charge on any atom is -0.506 e. The summed E-state index contributed by atoms with van der Waals surface area (Å²) in [6.07, 6.45) is 9.69. The molecule has 2 aliphatic rings. The van der Waals surface area contributed by atoms with Crippen molar-refractivity contribution >= 4 is 18.0 Å². The van der Waals surface area contributed by atoms with Gasteiger partial charge in [-0.2, -0.15) is 0 Å². The maximum Gasteiger partial charge on any atom is 0.658 e. The second kappa shape index (κ2) is 9.20. The average molecular weight is 387 g/mol. The molecule has 2 heterocycles. The van der Waals surface area contributed by atoms with Crippen LogP contribution in [0.4, 0.5) is 4.42 Å². The number of hydrogen-bond donors (Lipinski definition) is 1. The van der Waals surface area contributed by atoms with Gasteiger partial charge in [-0.15, -0.1) is 10.2 Å². The van der Waals surface area contributed by atoms with Crippen LogP contribution < -0.4 is 0 Å². The lowest BCUT2D eigenvalue weighted by Gasteiger charge is -2.16. The predicted octanol–water partition coefficient (Wildman–Crippen LogP) is 4.50. The molecule has 0 spiro atoms. The Bertz CT molecular complexity index is 892. The number of Topliss-reactive ketones (excluding diaryl/α,β-unsaturated/α-hetero) is 1. The van der Waals surface area contributed by atoms with Gasteiger partial charge in [-0.1, -0.05) is 37.7 Å². The van der Waals surface area contributed by atoms with Gasteiger partial charge in [0.1, 0.15) is 5.76 Å². The van der Waals surface area contributed by atoms with Gasteiger partial charge in [0, 0.05) is 19.4 Å². The van der Waals surface area contributed by atoms with Crippen LogP contribution >= 0.6 is 0 Å². The fraction of sp³-hybridized carbons (Fsp3) is 0.474. The van der Waals surface area contributed by atoms with E-state index >= 15 is 0 Å². The van der Waals surface area contributed by atoms with Crippen LogP contribution in [-0.4, -0.2) is 33.8 Å². The van der Waals surface area contributed by atoms with E-state index in [9.17, 15) is 9.90 Å². The van der Waals surface area contributed by atoms with Gasteiger partial charge >= 0.3 is 12.0 Å². The molecule has 148 valence electrons. The molecule has 1 aromatic rings. The van der Waals surface area contributed by atoms with Gasteiger partial charge in [0.2, 0.25) is 17.6 Å². The van der Waals surface area contributed by atoms with Gasteiger partial charge in [-0.05, 0) is 17.6 Å². The summed E-state index contributed by atoms with van der Waals surface area (Å²) in [6.45, 7) is 4.31. The van der Waals surface area contributed by atoms with Crippen molar-refractivity contribution in [2.24, 2.45) is 10.2 Å². The highest BCUT2D eigenvalue weighted by Gasteiger charge is 2.42. The first-order valence-corrected chi connectivity index (χ1v) is 9.40. The molecule has 0 saturated heterocycles. The summed E-state index contributed by atoms with van der Waals surface area (Å²) in [5.74, 6) is -0.0439. The van der Waals surface area contributed by atoms with E-state index in [0.29, 0.717) is 12.5 Å². The van der Waals surface area contributed by atoms with Crippen LogP contribution in [0.1, 0.15) is 57.2 Å². The van der Waals surface area contributed by atoms with Crippen molar-refractivity contribution in [1.29, 1.82) is 0 Å². The van der Waals surface area contributed by atoms with Crippen LogP contribution in [0.25, 0.3) is 6.08 Å². The first-order valence-electron chi connectivity index (χ1n) is 9.40. The van der Waals surface area contributed by atoms with Crippen LogP contribution in [0.3, 0.4) is 0 Å². The second-order valence-corrected chi connectivity index (χ2v) is 6.45. The van der Waals surface area contributed by atoms with Crippen molar-refractivity contribution in [2.45, 2.75) is 52.4 Å². The summed E-state index contributed by atoms with van der Waals surface area (Å²) < 4.78 is 15.9. The van der Waals surface area contributed by atoms with E-state index in [1.807, 2.05) is 0 Å². The number of unbranched alkanes of at least 4 members (excludes halogenated alkanes) is 5. The van der Waals surface area contributed by atoms with Crippen molar-refractivity contribution in [1.82, 2.24) is 10.2 Å². The minimum atomic E-state index is -0.406. The number of aliphatic hydroxyl groups is 1. The van der Waals surface area contributed by atoms with E-state index in [4.69, 9.17) is 13.6 Å². The number of aliphatic hydroxyl groups excluding tert-OH is 1. The van der Waals surface area contributed by atoms with E-state index in [-0.39, 0.29) is 34.8 Å². The highest BCUT2D eigenvalue weighted by Crippen LogP contribution is 2.34. The quantitative estimate of drug-likeness (QED) is 0.378. The Labute approximate surface area is 162 Å². The van der Waals surface area contributed by atoms with E-state index < -0.39 is 5.78 Å². The van der Waals surface area contributed by atoms with Crippen molar-refractivity contribution in [2.75, 3.05) is 6.61 Å². The predicted molar refractivity (Wildman–Crippen MR) is 99.3 cm³/mol. The van der Waals surface area contributed by atoms with Gasteiger partial charge in [0.25, 0.3) is 0 Å². The number of hydrogen-bond acceptors (Lipinski definition) is 7. The SMILES string of the molecule is CCCCCCCC/[O+]=C1N=N/C(=C2/C(=O)C(/C=C/c3nnc(C)o3)=C2O)O/1. The molecular weight excluding hydrogens is 364 g/mol. The largest absolute Gasteiger partial charge is 0.658 e. The first-order chi connectivity index (χ1) is 13.6. The Kier molecular flexibility index (Phi) is 6.46. The fourth-order valence-electron chi connectivity index (χ4n) is 2.72. The zero-order valence-corrected chi connectivity index (χ0v) is 16.0. The van der Waals surface area contributed by atoms with Gasteiger partial charge < -0.3 is 9.52 Å². The van der Waals surface area contributed by atoms with Crippen LogP contribution in [0.15, 0.2) is 43.5 Å². The van der Waals surface area contributed by atoms with Crippen LogP contribution in [0.2, 0.25) is 0 Å². The standard InChI is InChI=1S/C19H22N4O5/c1-3-4-5-6-7-8-11-26-19-23-22-18(28-19)15-16(24)13(17(15)25)9-10-14-21-20-12(2)27-14/h9-10H,3-8,11H2,1-2H3/p+1. The third-order valence-electron chi connectivity index (χ3n) is 4.24. The minimum absolute atomic E-state index is 0.0121. The molecule has 0 unspecified atom stereocenters. The number of ether oxygens (including phenoxy) is 1. The third kappa shape index (κ3) is 4.59. The van der Waals surface area contributed by atoms with Crippen molar-refractivity contribution < 1.29 is 23.5 Å². The number of amides is 1. The molecule has 1 aliphatic heterocycles. The van der Waals surface area contributed by atoms with E-state index in [1.54, 1.807) is 6.92 Å². The molecular formula is C19H23N4O5+. The Morgan fingerprint density at radius 2 is 1.86 bits per heavy atom. The Morgan fingerprint density at radius 1 is 1.07 bits per heavy atom. The number of carbonyl (C=O) groups excluding carboxylic acids is 2. The topological polar surface area (TPSA) is 121 Å². The maximum absolute atomic E-state index is 12.3. The first kappa shape index (κ1) is 19.7. The normalized spacial score (nSPS) is 20.5. The lowest BCUT2D eigenvalue weighted by atomic mass is 9.88. The van der Waals surface area contributed by atoms with Gasteiger partial charge in [-0.3, -0.25) is 9.22 Å². The molecule has 1 N–H and O–H groups in total. The molecule has 1 aliphatic carbocycles. The molecule has 0 bridgehead atoms. The molecule has 0 aromatic carbocycles. The highest BCUT2D eigenvalue weighted by molar-refractivity contribution is 6.21.